The van der Waals surface area contributed by atoms with Gasteiger partial charge in [0.25, 0.3) is 0 Å². The van der Waals surface area contributed by atoms with E-state index in [1.807, 2.05) is 32.8 Å². The maximum Gasteiger partial charge on any atom is 0.355 e. The van der Waals surface area contributed by atoms with Crippen LogP contribution in [0.2, 0.25) is 0 Å². The number of rotatable bonds is 5. The number of aliphatic hydroxyl groups is 2. The van der Waals surface area contributed by atoms with E-state index >= 15 is 0 Å². The number of aromatic amines is 1. The quantitative estimate of drug-likeness (QED) is 0.370. The monoisotopic (exact) mass is 594 g/mol. The van der Waals surface area contributed by atoms with Crippen LogP contribution in [0.4, 0.5) is 0 Å². The molecular formula is C30H50N4O8. The highest BCUT2D eigenvalue weighted by atomic mass is 16.7. The lowest BCUT2D eigenvalue weighted by atomic mass is 9.77. The summed E-state index contributed by atoms with van der Waals surface area (Å²) in [6.45, 7) is 9.40. The van der Waals surface area contributed by atoms with Gasteiger partial charge in [-0.1, -0.05) is 20.8 Å². The van der Waals surface area contributed by atoms with Crippen molar-refractivity contribution in [3.05, 3.63) is 24.0 Å². The smallest absolute Gasteiger partial charge is 0.355 e. The maximum absolute atomic E-state index is 13.3. The van der Waals surface area contributed by atoms with Gasteiger partial charge in [-0.05, 0) is 58.8 Å². The third kappa shape index (κ3) is 8.31. The first-order valence-corrected chi connectivity index (χ1v) is 14.9. The Morgan fingerprint density at radius 3 is 2.52 bits per heavy atom. The van der Waals surface area contributed by atoms with Gasteiger partial charge in [0.1, 0.15) is 17.9 Å². The van der Waals surface area contributed by atoms with E-state index in [1.165, 1.54) is 0 Å². The van der Waals surface area contributed by atoms with Crippen LogP contribution in [0.3, 0.4) is 0 Å². The van der Waals surface area contributed by atoms with Crippen molar-refractivity contribution in [3.63, 3.8) is 0 Å². The van der Waals surface area contributed by atoms with Gasteiger partial charge in [0.2, 0.25) is 11.8 Å². The molecule has 2 saturated heterocycles. The van der Waals surface area contributed by atoms with Crippen molar-refractivity contribution in [1.82, 2.24) is 20.1 Å². The molecule has 12 heteroatoms. The molecule has 0 aromatic carbocycles. The Labute approximate surface area is 249 Å². The zero-order chi connectivity index (χ0) is 31.4. The summed E-state index contributed by atoms with van der Waals surface area (Å²) in [7, 11) is 5.45. The second-order valence-corrected chi connectivity index (χ2v) is 12.7. The van der Waals surface area contributed by atoms with Crippen molar-refractivity contribution in [3.8, 4) is 0 Å². The van der Waals surface area contributed by atoms with E-state index in [4.69, 9.17) is 14.2 Å². The summed E-state index contributed by atoms with van der Waals surface area (Å²) in [6.07, 6.45) is -1.85. The van der Waals surface area contributed by atoms with E-state index in [9.17, 15) is 24.6 Å². The largest absolute Gasteiger partial charge is 0.456 e. The first-order chi connectivity index (χ1) is 19.6. The van der Waals surface area contributed by atoms with Crippen LogP contribution in [0, 0.1) is 17.8 Å². The van der Waals surface area contributed by atoms with E-state index < -0.39 is 53.9 Å². The summed E-state index contributed by atoms with van der Waals surface area (Å²) >= 11 is 0. The van der Waals surface area contributed by atoms with Crippen LogP contribution in [0.25, 0.3) is 0 Å². The molecule has 4 N–H and O–H groups in total. The van der Waals surface area contributed by atoms with Crippen molar-refractivity contribution in [1.29, 1.82) is 0 Å². The molecule has 0 radical (unpaired) electrons. The topological polar surface area (TPSA) is 154 Å². The minimum absolute atomic E-state index is 0.119. The lowest BCUT2D eigenvalue weighted by Crippen LogP contribution is -2.59. The van der Waals surface area contributed by atoms with E-state index in [0.29, 0.717) is 13.0 Å². The molecule has 10 atom stereocenters. The van der Waals surface area contributed by atoms with Gasteiger partial charge >= 0.3 is 5.97 Å². The molecule has 2 amide bonds. The number of aliphatic hydroxyl groups excluding tert-OH is 1. The number of ether oxygens (including phenoxy) is 3. The predicted molar refractivity (Wildman–Crippen MR) is 155 cm³/mol. The van der Waals surface area contributed by atoms with Crippen LogP contribution < -0.4 is 5.32 Å². The molecule has 2 fully saturated rings. The van der Waals surface area contributed by atoms with Crippen LogP contribution in [0.1, 0.15) is 64.4 Å². The fourth-order valence-electron chi connectivity index (χ4n) is 6.37. The normalized spacial score (nSPS) is 37.7. The molecule has 3 rings (SSSR count). The van der Waals surface area contributed by atoms with Crippen LogP contribution in [-0.2, 0) is 23.8 Å². The molecule has 12 nitrogen and oxygen atoms in total. The Kier molecular flexibility index (Phi) is 11.6. The van der Waals surface area contributed by atoms with Gasteiger partial charge in [-0.15, -0.1) is 0 Å². The summed E-state index contributed by atoms with van der Waals surface area (Å²) in [6, 6.07) is 2.99. The van der Waals surface area contributed by atoms with E-state index in [2.05, 4.69) is 10.3 Å². The highest BCUT2D eigenvalue weighted by molar-refractivity contribution is 5.88. The molecule has 1 aromatic heterocycles. The van der Waals surface area contributed by atoms with Crippen molar-refractivity contribution < 1.29 is 38.8 Å². The zero-order valence-electron chi connectivity index (χ0n) is 26.2. The molecule has 0 unspecified atom stereocenters. The number of likely N-dealkylation sites (N-methyl/N-ethyl adjacent to an activating group) is 1. The molecule has 1 aromatic rings. The Morgan fingerprint density at radius 1 is 1.21 bits per heavy atom. The fraction of sp³-hybridized carbons (Fsp3) is 0.767. The summed E-state index contributed by atoms with van der Waals surface area (Å²) in [5.41, 5.74) is -1.31. The number of nitrogens with one attached hydrogen (secondary N) is 2. The molecule has 2 aliphatic heterocycles. The van der Waals surface area contributed by atoms with Gasteiger partial charge in [0.15, 0.2) is 6.29 Å². The van der Waals surface area contributed by atoms with Gasteiger partial charge < -0.3 is 44.5 Å². The average molecular weight is 595 g/mol. The number of amides is 2. The predicted octanol–water partition coefficient (Wildman–Crippen LogP) is 1.38. The highest BCUT2D eigenvalue weighted by Gasteiger charge is 2.49. The number of H-pyrrole nitrogens is 1. The molecule has 2 aliphatic rings. The van der Waals surface area contributed by atoms with E-state index in [-0.39, 0.29) is 49.1 Å². The van der Waals surface area contributed by atoms with Crippen LogP contribution in [-0.4, -0.2) is 119 Å². The Balaban J connectivity index is 2.04. The molecule has 0 bridgehead atoms. The molecule has 0 aliphatic carbocycles. The van der Waals surface area contributed by atoms with E-state index in [1.54, 1.807) is 51.0 Å². The van der Waals surface area contributed by atoms with E-state index in [0.717, 1.165) is 0 Å². The molecule has 0 saturated carbocycles. The fourth-order valence-corrected chi connectivity index (χ4v) is 6.37. The van der Waals surface area contributed by atoms with Gasteiger partial charge in [-0.25, -0.2) is 4.79 Å². The van der Waals surface area contributed by atoms with Gasteiger partial charge in [0.05, 0.1) is 23.7 Å². The Bertz CT molecular complexity index is 1050. The average Bonchev–Trinajstić information content (AvgIpc) is 3.45. The number of nitrogens with zero attached hydrogens (tertiary/aromatic N) is 2. The SMILES string of the molecule is C[C@H]1CN(C)C(=O)CCNC(=O)[C@H](C)[C@@H](OC(=O)c2ccc[nH]2)[C@H](C)[C@@H](O[C@@H]2O[C@H](C)C[C@H](N(C)C)[C@H]2O)[C@](C)(O)C1. The Morgan fingerprint density at radius 2 is 1.90 bits per heavy atom. The molecule has 3 heterocycles. The van der Waals surface area contributed by atoms with Gasteiger partial charge in [-0.2, -0.15) is 0 Å². The maximum atomic E-state index is 13.3. The van der Waals surface area contributed by atoms with Crippen LogP contribution in [0.5, 0.6) is 0 Å². The molecular weight excluding hydrogens is 544 g/mol. The van der Waals surface area contributed by atoms with Gasteiger partial charge in [-0.3, -0.25) is 9.59 Å². The van der Waals surface area contributed by atoms with Crippen molar-refractivity contribution >= 4 is 17.8 Å². The summed E-state index contributed by atoms with van der Waals surface area (Å²) in [5.74, 6) is -2.91. The zero-order valence-corrected chi connectivity index (χ0v) is 26.2. The summed E-state index contributed by atoms with van der Waals surface area (Å²) in [4.78, 5) is 45.5. The number of hydrogen-bond acceptors (Lipinski definition) is 9. The second-order valence-electron chi connectivity index (χ2n) is 12.7. The summed E-state index contributed by atoms with van der Waals surface area (Å²) < 4.78 is 18.5. The number of carbonyl (C=O) groups is 3. The summed E-state index contributed by atoms with van der Waals surface area (Å²) in [5, 5.41) is 26.1. The van der Waals surface area contributed by atoms with Crippen LogP contribution in [0.15, 0.2) is 18.3 Å². The number of aromatic nitrogens is 1. The minimum atomic E-state index is -1.53. The first kappa shape index (κ1) is 34.0. The lowest BCUT2D eigenvalue weighted by molar-refractivity contribution is -0.298. The standard InChI is InChI=1S/C30H50N4O8/c1-17-15-30(5,39)26(42-29-24(36)22(33(6)7)14-18(2)40-29)19(3)25(41-28(38)21-10-9-12-31-21)20(4)27(37)32-13-11-23(35)34(8)16-17/h9-10,12,17-20,22,24-26,29,31,36,39H,11,13-16H2,1-8H3,(H,32,37)/t17-,18-,19+,20-,22+,24-,25+,26-,29+,30-/m1/s1. The number of esters is 1. The molecule has 42 heavy (non-hydrogen) atoms. The van der Waals surface area contributed by atoms with Crippen molar-refractivity contribution in [2.75, 3.05) is 34.2 Å². The third-order valence-corrected chi connectivity index (χ3v) is 8.54. The van der Waals surface area contributed by atoms with Crippen LogP contribution >= 0.6 is 0 Å². The molecule has 0 spiro atoms. The van der Waals surface area contributed by atoms with Crippen molar-refractivity contribution in [2.45, 2.75) is 96.2 Å². The highest BCUT2D eigenvalue weighted by Crippen LogP contribution is 2.36. The lowest BCUT2D eigenvalue weighted by Gasteiger charge is -2.47. The molecule has 238 valence electrons. The third-order valence-electron chi connectivity index (χ3n) is 8.54. The van der Waals surface area contributed by atoms with Gasteiger partial charge in [0, 0.05) is 44.7 Å². The first-order valence-electron chi connectivity index (χ1n) is 14.9. The minimum Gasteiger partial charge on any atom is -0.456 e. The second kappa shape index (κ2) is 14.3. The van der Waals surface area contributed by atoms with Crippen molar-refractivity contribution in [2.24, 2.45) is 17.8 Å². The number of carbonyl (C=O) groups excluding carboxylic acids is 3. The Hall–Kier alpha value is -2.51. The number of hydrogen-bond donors (Lipinski definition) is 4.